The van der Waals surface area contributed by atoms with Gasteiger partial charge in [0.25, 0.3) is 0 Å². The van der Waals surface area contributed by atoms with Gasteiger partial charge in [0.2, 0.25) is 0 Å². The predicted molar refractivity (Wildman–Crippen MR) is 54.9 cm³/mol. The number of nitrogens with two attached hydrogens (primary N) is 1. The number of hydrogen-bond donors (Lipinski definition) is 1. The summed E-state index contributed by atoms with van der Waals surface area (Å²) in [7, 11) is 0. The van der Waals surface area contributed by atoms with Gasteiger partial charge in [-0.25, -0.2) is 0 Å². The lowest BCUT2D eigenvalue weighted by atomic mass is 10.2. The summed E-state index contributed by atoms with van der Waals surface area (Å²) in [4.78, 5) is 13.5. The highest BCUT2D eigenvalue weighted by atomic mass is 16.5. The maximum absolute atomic E-state index is 11.2. The molecule has 14 heavy (non-hydrogen) atoms. The highest BCUT2D eigenvalue weighted by Crippen LogP contribution is 2.13. The van der Waals surface area contributed by atoms with E-state index in [-0.39, 0.29) is 18.1 Å². The molecule has 4 nitrogen and oxygen atoms in total. The van der Waals surface area contributed by atoms with Gasteiger partial charge in [-0.3, -0.25) is 9.69 Å². The highest BCUT2D eigenvalue weighted by Gasteiger charge is 2.24. The fourth-order valence-corrected chi connectivity index (χ4v) is 1.81. The van der Waals surface area contributed by atoms with Crippen molar-refractivity contribution in [2.45, 2.75) is 38.8 Å². The van der Waals surface area contributed by atoms with Crippen LogP contribution in [0, 0.1) is 0 Å². The molecule has 1 unspecified atom stereocenters. The maximum Gasteiger partial charge on any atom is 0.307 e. The molecule has 2 atom stereocenters. The molecule has 0 amide bonds. The first kappa shape index (κ1) is 11.5. The fraction of sp³-hybridized carbons (Fsp3) is 0.900. The fourth-order valence-electron chi connectivity index (χ4n) is 1.81. The van der Waals surface area contributed by atoms with E-state index in [4.69, 9.17) is 10.5 Å². The Morgan fingerprint density at radius 1 is 1.71 bits per heavy atom. The smallest absolute Gasteiger partial charge is 0.307 e. The monoisotopic (exact) mass is 200 g/mol. The third kappa shape index (κ3) is 3.27. The summed E-state index contributed by atoms with van der Waals surface area (Å²) in [6.45, 7) is 6.25. The van der Waals surface area contributed by atoms with Crippen molar-refractivity contribution in [3.8, 4) is 0 Å². The van der Waals surface area contributed by atoms with E-state index in [1.807, 2.05) is 6.92 Å². The molecule has 0 saturated carbocycles. The van der Waals surface area contributed by atoms with Gasteiger partial charge in [0.15, 0.2) is 0 Å². The van der Waals surface area contributed by atoms with Crippen LogP contribution in [0.4, 0.5) is 0 Å². The van der Waals surface area contributed by atoms with Crippen LogP contribution in [0.1, 0.15) is 26.7 Å². The van der Waals surface area contributed by atoms with E-state index in [9.17, 15) is 4.79 Å². The lowest BCUT2D eigenvalue weighted by molar-refractivity contribution is -0.144. The predicted octanol–water partition coefficient (Wildman–Crippen LogP) is 0.361. The van der Waals surface area contributed by atoms with Crippen molar-refractivity contribution >= 4 is 5.97 Å². The Morgan fingerprint density at radius 2 is 2.43 bits per heavy atom. The molecule has 1 fully saturated rings. The molecule has 1 saturated heterocycles. The van der Waals surface area contributed by atoms with Gasteiger partial charge in [-0.15, -0.1) is 0 Å². The molecule has 0 radical (unpaired) electrons. The van der Waals surface area contributed by atoms with E-state index in [1.165, 1.54) is 0 Å². The van der Waals surface area contributed by atoms with Gasteiger partial charge in [0.1, 0.15) is 0 Å². The summed E-state index contributed by atoms with van der Waals surface area (Å²) in [6.07, 6.45) is 1.51. The Balaban J connectivity index is 2.27. The van der Waals surface area contributed by atoms with E-state index >= 15 is 0 Å². The number of nitrogens with zero attached hydrogens (tertiary/aromatic N) is 1. The lowest BCUT2D eigenvalue weighted by Gasteiger charge is -2.22. The van der Waals surface area contributed by atoms with Crippen LogP contribution in [-0.2, 0) is 9.53 Å². The topological polar surface area (TPSA) is 55.6 Å². The van der Waals surface area contributed by atoms with E-state index in [1.54, 1.807) is 0 Å². The molecular weight excluding hydrogens is 180 g/mol. The van der Waals surface area contributed by atoms with Crippen LogP contribution in [0.15, 0.2) is 0 Å². The van der Waals surface area contributed by atoms with Crippen LogP contribution in [0.3, 0.4) is 0 Å². The lowest BCUT2D eigenvalue weighted by Crippen LogP contribution is -2.35. The first-order chi connectivity index (χ1) is 6.63. The SMILES string of the molecule is CCOC(=O)CC(C)N1CC[C@H](N)C1. The van der Waals surface area contributed by atoms with Crippen molar-refractivity contribution in [1.29, 1.82) is 0 Å². The number of esters is 1. The van der Waals surface area contributed by atoms with Gasteiger partial charge in [-0.1, -0.05) is 0 Å². The molecule has 0 aromatic rings. The van der Waals surface area contributed by atoms with Gasteiger partial charge in [0, 0.05) is 25.2 Å². The van der Waals surface area contributed by atoms with Gasteiger partial charge >= 0.3 is 5.97 Å². The minimum atomic E-state index is -0.111. The molecule has 0 spiro atoms. The Bertz CT molecular complexity index is 197. The van der Waals surface area contributed by atoms with E-state index in [0.29, 0.717) is 13.0 Å². The minimum absolute atomic E-state index is 0.111. The average Bonchev–Trinajstić information content (AvgIpc) is 2.52. The highest BCUT2D eigenvalue weighted by molar-refractivity contribution is 5.70. The third-order valence-corrected chi connectivity index (χ3v) is 2.65. The van der Waals surface area contributed by atoms with Gasteiger partial charge in [-0.2, -0.15) is 0 Å². The number of rotatable bonds is 4. The zero-order chi connectivity index (χ0) is 10.6. The molecule has 4 heteroatoms. The standard InChI is InChI=1S/C10H20N2O2/c1-3-14-10(13)6-8(2)12-5-4-9(11)7-12/h8-9H,3-7,11H2,1-2H3/t8?,9-/m0/s1. The van der Waals surface area contributed by atoms with E-state index < -0.39 is 0 Å². The summed E-state index contributed by atoms with van der Waals surface area (Å²) in [5.41, 5.74) is 5.79. The molecule has 0 aromatic carbocycles. The molecule has 1 aliphatic rings. The molecular formula is C10H20N2O2. The van der Waals surface area contributed by atoms with Gasteiger partial charge in [0.05, 0.1) is 13.0 Å². The normalized spacial score (nSPS) is 24.9. The molecule has 0 bridgehead atoms. The Hall–Kier alpha value is -0.610. The van der Waals surface area contributed by atoms with Crippen LogP contribution >= 0.6 is 0 Å². The first-order valence-electron chi connectivity index (χ1n) is 5.28. The van der Waals surface area contributed by atoms with Crippen LogP contribution in [0.2, 0.25) is 0 Å². The van der Waals surface area contributed by atoms with E-state index in [2.05, 4.69) is 11.8 Å². The molecule has 82 valence electrons. The van der Waals surface area contributed by atoms with Crippen molar-refractivity contribution in [3.05, 3.63) is 0 Å². The van der Waals surface area contributed by atoms with Crippen molar-refractivity contribution < 1.29 is 9.53 Å². The van der Waals surface area contributed by atoms with E-state index in [0.717, 1.165) is 19.5 Å². The second-order valence-electron chi connectivity index (χ2n) is 3.90. The van der Waals surface area contributed by atoms with Crippen LogP contribution in [0.5, 0.6) is 0 Å². The molecule has 1 rings (SSSR count). The summed E-state index contributed by atoms with van der Waals surface area (Å²) in [5.74, 6) is -0.111. The van der Waals surface area contributed by atoms with Crippen LogP contribution in [-0.4, -0.2) is 42.6 Å². The zero-order valence-corrected chi connectivity index (χ0v) is 9.03. The third-order valence-electron chi connectivity index (χ3n) is 2.65. The Kier molecular flexibility index (Phi) is 4.35. The number of carbonyl (C=O) groups is 1. The number of hydrogen-bond acceptors (Lipinski definition) is 4. The second kappa shape index (κ2) is 5.32. The number of likely N-dealkylation sites (tertiary alicyclic amines) is 1. The molecule has 0 aromatic heterocycles. The quantitative estimate of drug-likeness (QED) is 0.666. The van der Waals surface area contributed by atoms with Crippen LogP contribution < -0.4 is 5.73 Å². The second-order valence-corrected chi connectivity index (χ2v) is 3.90. The Morgan fingerprint density at radius 3 is 2.93 bits per heavy atom. The van der Waals surface area contributed by atoms with Gasteiger partial charge in [-0.05, 0) is 20.3 Å². The van der Waals surface area contributed by atoms with Crippen LogP contribution in [0.25, 0.3) is 0 Å². The maximum atomic E-state index is 11.2. The van der Waals surface area contributed by atoms with Crippen molar-refractivity contribution in [2.75, 3.05) is 19.7 Å². The van der Waals surface area contributed by atoms with Crippen molar-refractivity contribution in [2.24, 2.45) is 5.73 Å². The summed E-state index contributed by atoms with van der Waals surface area (Å²) in [6, 6.07) is 0.530. The summed E-state index contributed by atoms with van der Waals surface area (Å²) in [5, 5.41) is 0. The summed E-state index contributed by atoms with van der Waals surface area (Å²) >= 11 is 0. The largest absolute Gasteiger partial charge is 0.466 e. The Labute approximate surface area is 85.4 Å². The summed E-state index contributed by atoms with van der Waals surface area (Å²) < 4.78 is 4.90. The van der Waals surface area contributed by atoms with Gasteiger partial charge < -0.3 is 10.5 Å². The average molecular weight is 200 g/mol. The zero-order valence-electron chi connectivity index (χ0n) is 9.03. The molecule has 2 N–H and O–H groups in total. The molecule has 0 aliphatic carbocycles. The first-order valence-corrected chi connectivity index (χ1v) is 5.28. The molecule has 1 aliphatic heterocycles. The number of ether oxygens (including phenoxy) is 1. The molecule has 1 heterocycles. The minimum Gasteiger partial charge on any atom is -0.466 e. The van der Waals surface area contributed by atoms with Crippen molar-refractivity contribution in [3.63, 3.8) is 0 Å². The van der Waals surface area contributed by atoms with Crippen molar-refractivity contribution in [1.82, 2.24) is 4.90 Å². The number of carbonyl (C=O) groups excluding carboxylic acids is 1.